The first kappa shape index (κ1) is 22.7. The molecule has 3 aromatic heterocycles. The van der Waals surface area contributed by atoms with Gasteiger partial charge in [0.15, 0.2) is 0 Å². The van der Waals surface area contributed by atoms with Crippen molar-refractivity contribution in [1.82, 2.24) is 20.3 Å². The predicted octanol–water partition coefficient (Wildman–Crippen LogP) is 5.59. The van der Waals surface area contributed by atoms with Crippen LogP contribution in [-0.4, -0.2) is 47.2 Å². The predicted molar refractivity (Wildman–Crippen MR) is 148 cm³/mol. The first-order chi connectivity index (χ1) is 17.8. The largest absolute Gasteiger partial charge is 0.367 e. The second-order valence-electron chi connectivity index (χ2n) is 9.72. The molecule has 0 atom stereocenters. The minimum Gasteiger partial charge on any atom is -0.367 e. The van der Waals surface area contributed by atoms with Crippen LogP contribution in [0.2, 0.25) is 0 Å². The van der Waals surface area contributed by atoms with E-state index in [-0.39, 0.29) is 0 Å². The van der Waals surface area contributed by atoms with Crippen LogP contribution < -0.4 is 20.9 Å². The lowest BCUT2D eigenvalue weighted by Gasteiger charge is -2.30. The van der Waals surface area contributed by atoms with Crippen molar-refractivity contribution in [2.75, 3.05) is 41.7 Å². The van der Waals surface area contributed by atoms with Gasteiger partial charge in [0.25, 0.3) is 0 Å². The van der Waals surface area contributed by atoms with Gasteiger partial charge in [0.05, 0.1) is 11.4 Å². The molecule has 2 fully saturated rings. The summed E-state index contributed by atoms with van der Waals surface area (Å²) in [4.78, 5) is 16.9. The van der Waals surface area contributed by atoms with Gasteiger partial charge in [-0.1, -0.05) is 37.5 Å². The summed E-state index contributed by atoms with van der Waals surface area (Å²) in [6.45, 7) is 3.77. The molecule has 0 amide bonds. The molecule has 6 rings (SSSR count). The summed E-state index contributed by atoms with van der Waals surface area (Å²) in [6, 6.07) is 17.1. The fraction of sp³-hybridized carbons (Fsp3) is 0.345. The lowest BCUT2D eigenvalue weighted by molar-refractivity contribution is 0.462. The van der Waals surface area contributed by atoms with Crippen molar-refractivity contribution in [1.29, 1.82) is 0 Å². The van der Waals surface area contributed by atoms with Gasteiger partial charge >= 0.3 is 0 Å². The standard InChI is InChI=1S/C29H33N7/c1-3-7-22(8-4-1)33-26-19-21(11-14-32-26)27-28(34-23-9-5-2-6-10-23)25-20-31-13-12-24(25)29(35-27)36-17-15-30-16-18-36/h2,5-6,9-14,19-20,22,30,34H,1,3-4,7-8,15-18H2,(H,32,33). The van der Waals surface area contributed by atoms with E-state index in [4.69, 9.17) is 4.98 Å². The number of hydrogen-bond donors (Lipinski definition) is 3. The third-order valence-electron chi connectivity index (χ3n) is 7.24. The van der Waals surface area contributed by atoms with Gasteiger partial charge in [0.2, 0.25) is 0 Å². The summed E-state index contributed by atoms with van der Waals surface area (Å²) in [5.41, 5.74) is 3.96. The lowest BCUT2D eigenvalue weighted by atomic mass is 9.95. The number of benzene rings is 1. The molecule has 0 radical (unpaired) electrons. The molecule has 1 saturated heterocycles. The summed E-state index contributed by atoms with van der Waals surface area (Å²) in [5, 5.41) is 13.0. The summed E-state index contributed by atoms with van der Waals surface area (Å²) < 4.78 is 0. The van der Waals surface area contributed by atoms with Crippen molar-refractivity contribution in [3.63, 3.8) is 0 Å². The number of pyridine rings is 3. The maximum Gasteiger partial charge on any atom is 0.137 e. The zero-order chi connectivity index (χ0) is 24.2. The second-order valence-corrected chi connectivity index (χ2v) is 9.72. The van der Waals surface area contributed by atoms with Crippen LogP contribution >= 0.6 is 0 Å². The van der Waals surface area contributed by atoms with Crippen molar-refractivity contribution in [2.45, 2.75) is 38.1 Å². The number of para-hydroxylation sites is 1. The summed E-state index contributed by atoms with van der Waals surface area (Å²) >= 11 is 0. The van der Waals surface area contributed by atoms with Gasteiger partial charge in [-0.15, -0.1) is 0 Å². The Balaban J connectivity index is 1.48. The molecule has 1 aliphatic heterocycles. The first-order valence-corrected chi connectivity index (χ1v) is 13.1. The summed E-state index contributed by atoms with van der Waals surface area (Å²) in [6.07, 6.45) is 12.0. The smallest absolute Gasteiger partial charge is 0.137 e. The van der Waals surface area contributed by atoms with Gasteiger partial charge in [0, 0.05) is 72.8 Å². The fourth-order valence-electron chi connectivity index (χ4n) is 5.37. The lowest BCUT2D eigenvalue weighted by Crippen LogP contribution is -2.44. The molecule has 1 aliphatic carbocycles. The van der Waals surface area contributed by atoms with E-state index in [0.717, 1.165) is 71.2 Å². The summed E-state index contributed by atoms with van der Waals surface area (Å²) in [7, 11) is 0. The highest BCUT2D eigenvalue weighted by Gasteiger charge is 2.22. The highest BCUT2D eigenvalue weighted by molar-refractivity contribution is 6.06. The van der Waals surface area contributed by atoms with E-state index in [1.165, 1.54) is 32.1 Å². The van der Waals surface area contributed by atoms with Crippen molar-refractivity contribution in [3.05, 3.63) is 67.1 Å². The van der Waals surface area contributed by atoms with E-state index < -0.39 is 0 Å². The van der Waals surface area contributed by atoms with Gasteiger partial charge in [-0.2, -0.15) is 0 Å². The molecule has 7 nitrogen and oxygen atoms in total. The van der Waals surface area contributed by atoms with Crippen LogP contribution in [0.15, 0.2) is 67.1 Å². The third-order valence-corrected chi connectivity index (χ3v) is 7.24. The normalized spacial score (nSPS) is 16.7. The minimum atomic E-state index is 0.494. The zero-order valence-electron chi connectivity index (χ0n) is 20.6. The molecule has 36 heavy (non-hydrogen) atoms. The average Bonchev–Trinajstić information content (AvgIpc) is 2.95. The molecular formula is C29H33N7. The molecule has 184 valence electrons. The minimum absolute atomic E-state index is 0.494. The number of fused-ring (bicyclic) bond motifs is 1. The van der Waals surface area contributed by atoms with Crippen molar-refractivity contribution in [2.24, 2.45) is 0 Å². The van der Waals surface area contributed by atoms with Crippen LogP contribution in [0.3, 0.4) is 0 Å². The van der Waals surface area contributed by atoms with Crippen LogP contribution in [-0.2, 0) is 0 Å². The summed E-state index contributed by atoms with van der Waals surface area (Å²) in [5.74, 6) is 1.93. The Morgan fingerprint density at radius 3 is 2.56 bits per heavy atom. The van der Waals surface area contributed by atoms with Crippen LogP contribution in [0, 0.1) is 0 Å². The Bertz CT molecular complexity index is 1310. The van der Waals surface area contributed by atoms with E-state index in [1.54, 1.807) is 0 Å². The van der Waals surface area contributed by atoms with Crippen LogP contribution in [0.25, 0.3) is 22.0 Å². The van der Waals surface area contributed by atoms with E-state index in [0.29, 0.717) is 6.04 Å². The number of nitrogens with one attached hydrogen (secondary N) is 3. The van der Waals surface area contributed by atoms with E-state index in [2.05, 4.69) is 61.2 Å². The van der Waals surface area contributed by atoms with E-state index in [1.807, 2.05) is 36.8 Å². The number of piperazine rings is 1. The second kappa shape index (κ2) is 10.5. The number of aromatic nitrogens is 3. The Labute approximate surface area is 212 Å². The number of anilines is 4. The number of nitrogens with zero attached hydrogens (tertiary/aromatic N) is 4. The first-order valence-electron chi connectivity index (χ1n) is 13.1. The number of hydrogen-bond acceptors (Lipinski definition) is 7. The Hall–Kier alpha value is -3.71. The van der Waals surface area contributed by atoms with Gasteiger partial charge < -0.3 is 20.9 Å². The highest BCUT2D eigenvalue weighted by Crippen LogP contribution is 2.39. The van der Waals surface area contributed by atoms with Crippen LogP contribution in [0.1, 0.15) is 32.1 Å². The van der Waals surface area contributed by atoms with E-state index in [9.17, 15) is 0 Å². The third kappa shape index (κ3) is 4.84. The Morgan fingerprint density at radius 2 is 1.72 bits per heavy atom. The fourth-order valence-corrected chi connectivity index (χ4v) is 5.37. The van der Waals surface area contributed by atoms with Crippen LogP contribution in [0.5, 0.6) is 0 Å². The quantitative estimate of drug-likeness (QED) is 0.333. The topological polar surface area (TPSA) is 78.0 Å². The molecule has 1 saturated carbocycles. The van der Waals surface area contributed by atoms with Gasteiger partial charge in [-0.25, -0.2) is 9.97 Å². The number of rotatable bonds is 6. The molecule has 0 spiro atoms. The molecule has 4 heterocycles. The van der Waals surface area contributed by atoms with Crippen molar-refractivity contribution >= 4 is 33.8 Å². The molecule has 2 aliphatic rings. The zero-order valence-corrected chi connectivity index (χ0v) is 20.6. The maximum absolute atomic E-state index is 5.33. The van der Waals surface area contributed by atoms with Gasteiger partial charge in [0.1, 0.15) is 11.6 Å². The van der Waals surface area contributed by atoms with Gasteiger partial charge in [-0.3, -0.25) is 4.98 Å². The SMILES string of the molecule is c1ccc(Nc2c(-c3ccnc(NC4CCCCC4)c3)nc(N3CCNCC3)c3ccncc23)cc1. The molecule has 7 heteroatoms. The molecule has 1 aromatic carbocycles. The van der Waals surface area contributed by atoms with Gasteiger partial charge in [-0.05, 0) is 43.2 Å². The Morgan fingerprint density at radius 1 is 0.889 bits per heavy atom. The Kier molecular flexibility index (Phi) is 6.63. The monoisotopic (exact) mass is 479 g/mol. The maximum atomic E-state index is 5.33. The van der Waals surface area contributed by atoms with Crippen molar-refractivity contribution in [3.8, 4) is 11.3 Å². The molecule has 4 aromatic rings. The highest BCUT2D eigenvalue weighted by atomic mass is 15.2. The van der Waals surface area contributed by atoms with Crippen LogP contribution in [0.4, 0.5) is 23.0 Å². The molecule has 0 bridgehead atoms. The van der Waals surface area contributed by atoms with Crippen molar-refractivity contribution < 1.29 is 0 Å². The molecule has 3 N–H and O–H groups in total. The average molecular weight is 480 g/mol. The molecule has 0 unspecified atom stereocenters. The van der Waals surface area contributed by atoms with E-state index >= 15 is 0 Å². The molecular weight excluding hydrogens is 446 g/mol.